The van der Waals surface area contributed by atoms with Crippen molar-refractivity contribution in [3.05, 3.63) is 52.6 Å². The minimum Gasteiger partial charge on any atom is -0.505 e. The molecule has 0 unspecified atom stereocenters. The average molecular weight is 259 g/mol. The first-order valence-electron chi connectivity index (χ1n) is 5.25. The molecule has 2 N–H and O–H groups in total. The van der Waals surface area contributed by atoms with Gasteiger partial charge in [-0.05, 0) is 18.2 Å². The molecule has 19 heavy (non-hydrogen) atoms. The van der Waals surface area contributed by atoms with Gasteiger partial charge in [0.05, 0.1) is 10.6 Å². The number of azo groups is 1. The second-order valence-corrected chi connectivity index (χ2v) is 3.59. The maximum absolute atomic E-state index is 10.7. The van der Waals surface area contributed by atoms with Gasteiger partial charge in [0.25, 0.3) is 0 Å². The Morgan fingerprint density at radius 2 is 1.68 bits per heavy atom. The third-order valence-electron chi connectivity index (χ3n) is 2.33. The van der Waals surface area contributed by atoms with E-state index in [1.807, 2.05) is 0 Å². The van der Waals surface area contributed by atoms with Crippen LogP contribution in [0.5, 0.6) is 11.5 Å². The first-order chi connectivity index (χ1) is 9.09. The molecule has 96 valence electrons. The van der Waals surface area contributed by atoms with Crippen molar-refractivity contribution in [2.45, 2.75) is 0 Å². The maximum atomic E-state index is 10.7. The fourth-order valence-corrected chi connectivity index (χ4v) is 1.41. The molecule has 0 aromatic heterocycles. The van der Waals surface area contributed by atoms with Gasteiger partial charge in [-0.1, -0.05) is 18.2 Å². The molecule has 7 nitrogen and oxygen atoms in total. The Morgan fingerprint density at radius 1 is 1.00 bits per heavy atom. The number of rotatable bonds is 3. The summed E-state index contributed by atoms with van der Waals surface area (Å²) in [5.41, 5.74) is -0.384. The summed E-state index contributed by atoms with van der Waals surface area (Å²) in [6, 6.07) is 10.7. The Kier molecular flexibility index (Phi) is 3.37. The summed E-state index contributed by atoms with van der Waals surface area (Å²) in [7, 11) is 0. The lowest BCUT2D eigenvalue weighted by Gasteiger charge is -2.01. The summed E-state index contributed by atoms with van der Waals surface area (Å²) >= 11 is 0. The van der Waals surface area contributed by atoms with E-state index in [9.17, 15) is 20.3 Å². The summed E-state index contributed by atoms with van der Waals surface area (Å²) in [6.45, 7) is 0. The predicted molar refractivity (Wildman–Crippen MR) is 67.0 cm³/mol. The van der Waals surface area contributed by atoms with Gasteiger partial charge >= 0.3 is 5.69 Å². The number of nitro benzene ring substituents is 1. The molecule has 0 fully saturated rings. The molecule has 2 aromatic carbocycles. The van der Waals surface area contributed by atoms with Crippen molar-refractivity contribution in [2.75, 3.05) is 0 Å². The molecule has 0 saturated heterocycles. The second kappa shape index (κ2) is 5.13. The minimum absolute atomic E-state index is 0.335. The van der Waals surface area contributed by atoms with Crippen LogP contribution in [0.1, 0.15) is 0 Å². The molecule has 2 rings (SSSR count). The Balaban J connectivity index is 2.43. The molecule has 7 heteroatoms. The van der Waals surface area contributed by atoms with Gasteiger partial charge in [-0.2, -0.15) is 5.11 Å². The van der Waals surface area contributed by atoms with Gasteiger partial charge in [0, 0.05) is 6.07 Å². The van der Waals surface area contributed by atoms with E-state index >= 15 is 0 Å². The van der Waals surface area contributed by atoms with Gasteiger partial charge in [-0.25, -0.2) is 0 Å². The highest BCUT2D eigenvalue weighted by molar-refractivity contribution is 5.69. The largest absolute Gasteiger partial charge is 0.505 e. The summed E-state index contributed by atoms with van der Waals surface area (Å²) in [4.78, 5) is 9.88. The summed E-state index contributed by atoms with van der Waals surface area (Å²) in [6.07, 6.45) is 0. The Morgan fingerprint density at radius 3 is 2.32 bits per heavy atom. The van der Waals surface area contributed by atoms with Crippen LogP contribution in [0.15, 0.2) is 52.7 Å². The highest BCUT2D eigenvalue weighted by atomic mass is 16.6. The minimum atomic E-state index is -0.768. The van der Waals surface area contributed by atoms with Crippen molar-refractivity contribution in [2.24, 2.45) is 10.2 Å². The smallest absolute Gasteiger partial charge is 0.313 e. The number of phenols is 2. The molecular formula is C12H9N3O4. The normalized spacial score (nSPS) is 10.7. The number of hydrogen-bond acceptors (Lipinski definition) is 6. The molecule has 0 aliphatic carbocycles. The number of phenolic OH excluding ortho intramolecular Hbond substituents is 2. The third kappa shape index (κ3) is 2.65. The Bertz CT molecular complexity index is 641. The van der Waals surface area contributed by atoms with E-state index in [0.717, 1.165) is 12.1 Å². The monoisotopic (exact) mass is 259 g/mol. The van der Waals surface area contributed by atoms with Crippen LogP contribution < -0.4 is 0 Å². The van der Waals surface area contributed by atoms with E-state index in [1.54, 1.807) is 30.3 Å². The zero-order valence-electron chi connectivity index (χ0n) is 9.59. The summed E-state index contributed by atoms with van der Waals surface area (Å²) < 4.78 is 0. The number of hydrogen-bond donors (Lipinski definition) is 2. The maximum Gasteiger partial charge on any atom is 0.313 e. The molecular weight excluding hydrogens is 250 g/mol. The van der Waals surface area contributed by atoms with Crippen molar-refractivity contribution < 1.29 is 15.1 Å². The second-order valence-electron chi connectivity index (χ2n) is 3.59. The van der Waals surface area contributed by atoms with Gasteiger partial charge in [0.15, 0.2) is 5.69 Å². The molecule has 2 aromatic rings. The van der Waals surface area contributed by atoms with Crippen molar-refractivity contribution >= 4 is 17.1 Å². The number of aromatic hydroxyl groups is 2. The van der Waals surface area contributed by atoms with Crippen LogP contribution in [-0.2, 0) is 0 Å². The molecule has 0 aliphatic heterocycles. The fourth-order valence-electron chi connectivity index (χ4n) is 1.41. The van der Waals surface area contributed by atoms with E-state index in [4.69, 9.17) is 0 Å². The fraction of sp³-hybridized carbons (Fsp3) is 0. The lowest BCUT2D eigenvalue weighted by Crippen LogP contribution is -1.88. The van der Waals surface area contributed by atoms with E-state index in [2.05, 4.69) is 10.2 Å². The van der Waals surface area contributed by atoms with E-state index in [-0.39, 0.29) is 11.4 Å². The summed E-state index contributed by atoms with van der Waals surface area (Å²) in [5.74, 6) is -1.10. The summed E-state index contributed by atoms with van der Waals surface area (Å²) in [5, 5.41) is 37.3. The molecule has 0 saturated carbocycles. The van der Waals surface area contributed by atoms with Crippen LogP contribution >= 0.6 is 0 Å². The van der Waals surface area contributed by atoms with Gasteiger partial charge in [0.1, 0.15) is 5.75 Å². The van der Waals surface area contributed by atoms with E-state index < -0.39 is 16.4 Å². The lowest BCUT2D eigenvalue weighted by molar-refractivity contribution is -0.385. The van der Waals surface area contributed by atoms with Crippen LogP contribution in [0.4, 0.5) is 17.1 Å². The highest BCUT2D eigenvalue weighted by Gasteiger charge is 2.20. The van der Waals surface area contributed by atoms with Crippen LogP contribution in [-0.4, -0.2) is 15.1 Å². The van der Waals surface area contributed by atoms with E-state index in [0.29, 0.717) is 5.69 Å². The molecule has 0 amide bonds. The predicted octanol–water partition coefficient (Wildman–Crippen LogP) is 3.42. The molecule has 0 bridgehead atoms. The molecule has 0 spiro atoms. The van der Waals surface area contributed by atoms with Crippen molar-refractivity contribution in [3.8, 4) is 11.5 Å². The van der Waals surface area contributed by atoms with Crippen LogP contribution in [0.3, 0.4) is 0 Å². The first-order valence-corrected chi connectivity index (χ1v) is 5.25. The number of nitrogens with zero attached hydrogens (tertiary/aromatic N) is 3. The SMILES string of the molecule is O=[N+]([O-])c1ccc(O)c(N=Nc2ccccc2)c1O. The first kappa shape index (κ1) is 12.5. The van der Waals surface area contributed by atoms with E-state index in [1.165, 1.54) is 0 Å². The highest BCUT2D eigenvalue weighted by Crippen LogP contribution is 2.42. The van der Waals surface area contributed by atoms with Crippen molar-refractivity contribution in [1.82, 2.24) is 0 Å². The Labute approximate surface area is 107 Å². The topological polar surface area (TPSA) is 108 Å². The van der Waals surface area contributed by atoms with Crippen LogP contribution in [0.25, 0.3) is 0 Å². The van der Waals surface area contributed by atoms with Crippen LogP contribution in [0, 0.1) is 10.1 Å². The molecule has 0 heterocycles. The van der Waals surface area contributed by atoms with Gasteiger partial charge in [-0.3, -0.25) is 10.1 Å². The zero-order chi connectivity index (χ0) is 13.8. The Hall–Kier alpha value is -2.96. The zero-order valence-corrected chi connectivity index (χ0v) is 9.59. The molecule has 0 atom stereocenters. The number of nitro groups is 1. The number of benzene rings is 2. The van der Waals surface area contributed by atoms with Gasteiger partial charge in [-0.15, -0.1) is 5.11 Å². The lowest BCUT2D eigenvalue weighted by atomic mass is 10.2. The third-order valence-corrected chi connectivity index (χ3v) is 2.33. The van der Waals surface area contributed by atoms with Crippen LogP contribution in [0.2, 0.25) is 0 Å². The van der Waals surface area contributed by atoms with Gasteiger partial charge < -0.3 is 10.2 Å². The molecule has 0 aliphatic rings. The average Bonchev–Trinajstić information content (AvgIpc) is 2.39. The quantitative estimate of drug-likeness (QED) is 0.500. The van der Waals surface area contributed by atoms with Crippen molar-refractivity contribution in [1.29, 1.82) is 0 Å². The standard InChI is InChI=1S/C12H9N3O4/c16-10-7-6-9(15(18)19)12(17)11(10)14-13-8-4-2-1-3-5-8/h1-7,16-17H. The van der Waals surface area contributed by atoms with Gasteiger partial charge in [0.2, 0.25) is 5.75 Å². The molecule has 0 radical (unpaired) electrons. The van der Waals surface area contributed by atoms with Crippen molar-refractivity contribution in [3.63, 3.8) is 0 Å².